The number of amides is 1. The summed E-state index contributed by atoms with van der Waals surface area (Å²) in [7, 11) is -0.348. The van der Waals surface area contributed by atoms with E-state index in [9.17, 15) is 4.79 Å². The van der Waals surface area contributed by atoms with Gasteiger partial charge in [-0.2, -0.15) is 0 Å². The Morgan fingerprint density at radius 3 is 2.24 bits per heavy atom. The molecule has 1 amide bonds. The lowest BCUT2D eigenvalue weighted by Crippen LogP contribution is -2.41. The smallest absolute Gasteiger partial charge is 0.444 e. The fourth-order valence-corrected chi connectivity index (χ4v) is 3.51. The van der Waals surface area contributed by atoms with E-state index in [-0.39, 0.29) is 24.4 Å². The summed E-state index contributed by atoms with van der Waals surface area (Å²) in [6.45, 7) is 16.8. The molecule has 0 bridgehead atoms. The number of ether oxygens (including phenoxy) is 1. The van der Waals surface area contributed by atoms with Crippen LogP contribution in [0, 0.1) is 6.92 Å². The van der Waals surface area contributed by atoms with Crippen molar-refractivity contribution in [1.29, 1.82) is 0 Å². The molecule has 0 radical (unpaired) electrons. The van der Waals surface area contributed by atoms with Gasteiger partial charge in [0.15, 0.2) is 0 Å². The Morgan fingerprint density at radius 1 is 1.17 bits per heavy atom. The molecular weight excluding hydrogens is 365 g/mol. The van der Waals surface area contributed by atoms with Gasteiger partial charge in [0.2, 0.25) is 0 Å². The molecule has 2 aliphatic rings. The largest absolute Gasteiger partial charge is 0.495 e. The van der Waals surface area contributed by atoms with E-state index in [1.807, 2.05) is 25.7 Å². The Balaban J connectivity index is 1.65. The molecule has 1 aromatic carbocycles. The average molecular weight is 401 g/mol. The maximum absolute atomic E-state index is 12.5. The van der Waals surface area contributed by atoms with Crippen molar-refractivity contribution in [3.05, 3.63) is 29.3 Å². The lowest BCUT2D eigenvalue weighted by molar-refractivity contribution is 0.00578. The van der Waals surface area contributed by atoms with Gasteiger partial charge in [-0.05, 0) is 85.7 Å². The molecule has 0 aromatic heterocycles. The van der Waals surface area contributed by atoms with Gasteiger partial charge in [-0.3, -0.25) is 0 Å². The fraction of sp³-hybridized carbons (Fsp3) is 0.696. The molecule has 160 valence electrons. The van der Waals surface area contributed by atoms with E-state index in [4.69, 9.17) is 14.0 Å². The highest BCUT2D eigenvalue weighted by Crippen LogP contribution is 2.36. The number of nitrogens with zero attached hydrogens (tertiary/aromatic N) is 1. The second kappa shape index (κ2) is 7.62. The number of rotatable bonds is 5. The topological polar surface area (TPSA) is 48.0 Å². The maximum Gasteiger partial charge on any atom is 0.495 e. The van der Waals surface area contributed by atoms with Crippen molar-refractivity contribution >= 4 is 18.7 Å². The first kappa shape index (κ1) is 22.2. The highest BCUT2D eigenvalue weighted by molar-refractivity contribution is 6.62. The summed E-state index contributed by atoms with van der Waals surface area (Å²) in [4.78, 5) is 14.4. The summed E-state index contributed by atoms with van der Waals surface area (Å²) in [5.41, 5.74) is 2.26. The first-order chi connectivity index (χ1) is 13.3. The zero-order valence-corrected chi connectivity index (χ0v) is 19.3. The number of carbonyl (C=O) groups is 1. The molecule has 0 N–H and O–H groups in total. The monoisotopic (exact) mass is 401 g/mol. The summed E-state index contributed by atoms with van der Waals surface area (Å²) in [6.07, 6.45) is 2.74. The van der Waals surface area contributed by atoms with E-state index in [1.54, 1.807) is 0 Å². The van der Waals surface area contributed by atoms with Crippen LogP contribution in [0.1, 0.15) is 72.4 Å². The molecule has 1 saturated carbocycles. The van der Waals surface area contributed by atoms with E-state index in [1.165, 1.54) is 5.56 Å². The Hall–Kier alpha value is -1.53. The van der Waals surface area contributed by atoms with Gasteiger partial charge in [0.1, 0.15) is 5.60 Å². The molecule has 5 nitrogen and oxygen atoms in total. The lowest BCUT2D eigenvalue weighted by Gasteiger charge is -2.32. The SMILES string of the molecule is Cc1cc(CCN(C(=O)OC(C)(C)C)C2CC2)ccc1B1OC(C)(C)C(C)(C)O1. The fourth-order valence-electron chi connectivity index (χ4n) is 3.51. The van der Waals surface area contributed by atoms with Crippen LogP contribution in [0.25, 0.3) is 0 Å². The number of benzene rings is 1. The van der Waals surface area contributed by atoms with Gasteiger partial charge in [0.25, 0.3) is 0 Å². The van der Waals surface area contributed by atoms with E-state index in [0.717, 1.165) is 30.3 Å². The van der Waals surface area contributed by atoms with Gasteiger partial charge in [0, 0.05) is 12.6 Å². The number of aryl methyl sites for hydroxylation is 1. The molecule has 0 unspecified atom stereocenters. The highest BCUT2D eigenvalue weighted by atomic mass is 16.7. The Morgan fingerprint density at radius 2 is 1.76 bits per heavy atom. The molecule has 29 heavy (non-hydrogen) atoms. The van der Waals surface area contributed by atoms with Crippen LogP contribution in [-0.2, 0) is 20.5 Å². The minimum absolute atomic E-state index is 0.203. The zero-order chi connectivity index (χ0) is 21.6. The minimum atomic E-state index is -0.467. The van der Waals surface area contributed by atoms with Crippen molar-refractivity contribution in [2.45, 2.75) is 97.5 Å². The molecule has 6 heteroatoms. The van der Waals surface area contributed by atoms with Crippen LogP contribution in [0.15, 0.2) is 18.2 Å². The Kier molecular flexibility index (Phi) is 5.83. The molecule has 0 atom stereocenters. The van der Waals surface area contributed by atoms with Gasteiger partial charge >= 0.3 is 13.2 Å². The summed E-state index contributed by atoms with van der Waals surface area (Å²) in [5, 5.41) is 0. The van der Waals surface area contributed by atoms with Crippen LogP contribution in [0.4, 0.5) is 4.79 Å². The van der Waals surface area contributed by atoms with Gasteiger partial charge in [0.05, 0.1) is 11.2 Å². The molecular formula is C23H36BNO4. The summed E-state index contributed by atoms with van der Waals surface area (Å²) >= 11 is 0. The quantitative estimate of drug-likeness (QED) is 0.693. The maximum atomic E-state index is 12.5. The molecule has 1 saturated heterocycles. The normalized spacial score (nSPS) is 20.6. The van der Waals surface area contributed by atoms with Gasteiger partial charge in [-0.15, -0.1) is 0 Å². The van der Waals surface area contributed by atoms with Gasteiger partial charge in [-0.25, -0.2) is 4.79 Å². The predicted octanol–water partition coefficient (Wildman–Crippen LogP) is 4.24. The average Bonchev–Trinajstić information content (AvgIpc) is 3.33. The van der Waals surface area contributed by atoms with Crippen molar-refractivity contribution in [1.82, 2.24) is 4.90 Å². The summed E-state index contributed by atoms with van der Waals surface area (Å²) in [5.74, 6) is 0. The molecule has 2 fully saturated rings. The highest BCUT2D eigenvalue weighted by Gasteiger charge is 2.52. The standard InChI is InChI=1S/C23H36BNO4/c1-16-15-17(9-12-19(16)24-28-22(5,6)23(7,8)29-24)13-14-25(18-10-11-18)20(26)27-21(2,3)4/h9,12,15,18H,10-11,13-14H2,1-8H3. The predicted molar refractivity (Wildman–Crippen MR) is 117 cm³/mol. The van der Waals surface area contributed by atoms with E-state index in [2.05, 4.69) is 52.8 Å². The molecule has 3 rings (SSSR count). The number of hydrogen-bond donors (Lipinski definition) is 0. The molecule has 1 aliphatic carbocycles. The third-order valence-electron chi connectivity index (χ3n) is 6.10. The third kappa shape index (κ3) is 5.15. The second-order valence-corrected chi connectivity index (χ2v) is 10.4. The first-order valence-corrected chi connectivity index (χ1v) is 10.7. The summed E-state index contributed by atoms with van der Waals surface area (Å²) in [6, 6.07) is 6.73. The molecule has 1 aliphatic heterocycles. The third-order valence-corrected chi connectivity index (χ3v) is 6.10. The van der Waals surface area contributed by atoms with Crippen molar-refractivity contribution < 1.29 is 18.8 Å². The second-order valence-electron chi connectivity index (χ2n) is 10.4. The molecule has 1 heterocycles. The van der Waals surface area contributed by atoms with Crippen molar-refractivity contribution in [2.24, 2.45) is 0 Å². The molecule has 0 spiro atoms. The van der Waals surface area contributed by atoms with Crippen molar-refractivity contribution in [2.75, 3.05) is 6.54 Å². The van der Waals surface area contributed by atoms with Crippen LogP contribution < -0.4 is 5.46 Å². The first-order valence-electron chi connectivity index (χ1n) is 10.7. The van der Waals surface area contributed by atoms with Crippen LogP contribution in [0.2, 0.25) is 0 Å². The Labute approximate surface area is 176 Å². The van der Waals surface area contributed by atoms with Crippen LogP contribution >= 0.6 is 0 Å². The van der Waals surface area contributed by atoms with Crippen molar-refractivity contribution in [3.63, 3.8) is 0 Å². The van der Waals surface area contributed by atoms with Gasteiger partial charge in [-0.1, -0.05) is 23.8 Å². The van der Waals surface area contributed by atoms with Crippen LogP contribution in [0.3, 0.4) is 0 Å². The van der Waals surface area contributed by atoms with E-state index in [0.29, 0.717) is 12.6 Å². The van der Waals surface area contributed by atoms with E-state index < -0.39 is 5.60 Å². The minimum Gasteiger partial charge on any atom is -0.444 e. The Bertz CT molecular complexity index is 749. The van der Waals surface area contributed by atoms with Gasteiger partial charge < -0.3 is 18.9 Å². The van der Waals surface area contributed by atoms with E-state index >= 15 is 0 Å². The summed E-state index contributed by atoms with van der Waals surface area (Å²) < 4.78 is 18.0. The molecule has 1 aromatic rings. The number of hydrogen-bond acceptors (Lipinski definition) is 4. The number of carbonyl (C=O) groups excluding carboxylic acids is 1. The van der Waals surface area contributed by atoms with Crippen molar-refractivity contribution in [3.8, 4) is 0 Å². The van der Waals surface area contributed by atoms with Crippen LogP contribution in [0.5, 0.6) is 0 Å². The lowest BCUT2D eigenvalue weighted by atomic mass is 9.75. The van der Waals surface area contributed by atoms with Crippen LogP contribution in [-0.4, -0.2) is 47.5 Å². The zero-order valence-electron chi connectivity index (χ0n) is 19.3.